The van der Waals surface area contributed by atoms with Gasteiger partial charge in [-0.05, 0) is 53.9 Å². The molecular weight excluding hydrogens is 280 g/mol. The lowest BCUT2D eigenvalue weighted by molar-refractivity contribution is 0.319. The molecule has 0 spiro atoms. The van der Waals surface area contributed by atoms with Gasteiger partial charge in [0, 0.05) is 25.5 Å². The number of pyridine rings is 1. The van der Waals surface area contributed by atoms with Gasteiger partial charge in [0.1, 0.15) is 0 Å². The molecule has 0 amide bonds. The maximum atomic E-state index is 4.20. The lowest BCUT2D eigenvalue weighted by Crippen LogP contribution is -2.17. The second-order valence-electron chi connectivity index (χ2n) is 5.93. The molecule has 1 heterocycles. The van der Waals surface area contributed by atoms with E-state index in [1.54, 1.807) is 6.20 Å². The molecule has 0 aliphatic carbocycles. The molecule has 2 aromatic carbocycles. The molecule has 0 atom stereocenters. The zero-order chi connectivity index (χ0) is 16.1. The van der Waals surface area contributed by atoms with Crippen LogP contribution in [0.5, 0.6) is 0 Å². The van der Waals surface area contributed by atoms with Gasteiger partial charge in [0.15, 0.2) is 0 Å². The maximum Gasteiger partial charge on any atom is 0.0346 e. The minimum atomic E-state index is 0.917. The Labute approximate surface area is 138 Å². The number of aromatic nitrogens is 1. The van der Waals surface area contributed by atoms with Gasteiger partial charge < -0.3 is 0 Å². The van der Waals surface area contributed by atoms with E-state index < -0.39 is 0 Å². The summed E-state index contributed by atoms with van der Waals surface area (Å²) in [4.78, 5) is 6.52. The smallest absolute Gasteiger partial charge is 0.0346 e. The first-order chi connectivity index (χ1) is 11.2. The van der Waals surface area contributed by atoms with Gasteiger partial charge in [0.25, 0.3) is 0 Å². The summed E-state index contributed by atoms with van der Waals surface area (Å²) in [6.45, 7) is 5.77. The van der Waals surface area contributed by atoms with Crippen molar-refractivity contribution in [2.75, 3.05) is 7.05 Å². The van der Waals surface area contributed by atoms with Crippen molar-refractivity contribution in [3.05, 3.63) is 96.7 Å². The Balaban J connectivity index is 1.69. The molecule has 0 aliphatic heterocycles. The zero-order valence-corrected chi connectivity index (χ0v) is 13.4. The second kappa shape index (κ2) is 7.21. The molecule has 2 heteroatoms. The molecule has 0 unspecified atom stereocenters. The molecule has 2 nitrogen and oxygen atoms in total. The molecule has 1 radical (unpaired) electrons. The Kier molecular flexibility index (Phi) is 4.84. The number of benzene rings is 2. The van der Waals surface area contributed by atoms with Crippen molar-refractivity contribution in [3.8, 4) is 11.1 Å². The Morgan fingerprint density at radius 1 is 0.870 bits per heavy atom. The van der Waals surface area contributed by atoms with Crippen LogP contribution in [0, 0.1) is 6.92 Å². The number of nitrogens with zero attached hydrogens (tertiary/aromatic N) is 2. The summed E-state index contributed by atoms with van der Waals surface area (Å²) in [5.41, 5.74) is 6.04. The van der Waals surface area contributed by atoms with Gasteiger partial charge in [-0.25, -0.2) is 0 Å². The van der Waals surface area contributed by atoms with E-state index in [4.69, 9.17) is 0 Å². The molecule has 3 rings (SSSR count). The topological polar surface area (TPSA) is 16.1 Å². The third kappa shape index (κ3) is 4.27. The van der Waals surface area contributed by atoms with Crippen molar-refractivity contribution in [1.82, 2.24) is 9.88 Å². The van der Waals surface area contributed by atoms with Gasteiger partial charge in [-0.3, -0.25) is 9.88 Å². The first-order valence-electron chi connectivity index (χ1n) is 7.79. The van der Waals surface area contributed by atoms with Crippen molar-refractivity contribution in [2.45, 2.75) is 13.1 Å². The molecule has 0 N–H and O–H groups in total. The Hall–Kier alpha value is -2.45. The quantitative estimate of drug-likeness (QED) is 0.686. The van der Waals surface area contributed by atoms with Crippen LogP contribution in [-0.4, -0.2) is 16.9 Å². The molecule has 0 aliphatic rings. The van der Waals surface area contributed by atoms with Crippen LogP contribution in [0.1, 0.15) is 16.7 Å². The molecule has 1 aromatic heterocycles. The first-order valence-corrected chi connectivity index (χ1v) is 7.79. The van der Waals surface area contributed by atoms with Crippen LogP contribution in [0.4, 0.5) is 0 Å². The van der Waals surface area contributed by atoms with E-state index in [0.29, 0.717) is 0 Å². The van der Waals surface area contributed by atoms with Gasteiger partial charge >= 0.3 is 0 Å². The lowest BCUT2D eigenvalue weighted by Gasteiger charge is -2.17. The van der Waals surface area contributed by atoms with Gasteiger partial charge in [-0.1, -0.05) is 48.5 Å². The van der Waals surface area contributed by atoms with Crippen LogP contribution in [0.25, 0.3) is 11.1 Å². The summed E-state index contributed by atoms with van der Waals surface area (Å²) in [6.07, 6.45) is 3.71. The molecular formula is C21H21N2. The molecule has 0 bridgehead atoms. The van der Waals surface area contributed by atoms with Gasteiger partial charge in [0.2, 0.25) is 0 Å². The zero-order valence-electron chi connectivity index (χ0n) is 13.4. The van der Waals surface area contributed by atoms with Gasteiger partial charge in [0.05, 0.1) is 0 Å². The molecule has 115 valence electrons. The normalized spacial score (nSPS) is 10.9. The van der Waals surface area contributed by atoms with Crippen molar-refractivity contribution >= 4 is 0 Å². The van der Waals surface area contributed by atoms with Crippen molar-refractivity contribution in [2.24, 2.45) is 0 Å². The number of hydrogen-bond donors (Lipinski definition) is 0. The van der Waals surface area contributed by atoms with Crippen molar-refractivity contribution in [1.29, 1.82) is 0 Å². The minimum absolute atomic E-state index is 0.917. The maximum absolute atomic E-state index is 4.20. The van der Waals surface area contributed by atoms with Gasteiger partial charge in [-0.2, -0.15) is 0 Å². The Morgan fingerprint density at radius 3 is 2.35 bits per heavy atom. The standard InChI is InChI=1S/C21H21N2/c1-17-8-10-18(11-9-17)15-23(2)16-19-5-3-6-20(13-19)21-7-4-12-22-14-21/h3-14H,1,15-16H2,2H3. The predicted molar refractivity (Wildman–Crippen MR) is 95.7 cm³/mol. The van der Waals surface area contributed by atoms with E-state index in [0.717, 1.165) is 24.2 Å². The summed E-state index contributed by atoms with van der Waals surface area (Å²) in [7, 11) is 2.15. The fourth-order valence-electron chi connectivity index (χ4n) is 2.71. The largest absolute Gasteiger partial charge is 0.298 e. The monoisotopic (exact) mass is 301 g/mol. The Bertz CT molecular complexity index is 748. The second-order valence-corrected chi connectivity index (χ2v) is 5.93. The van der Waals surface area contributed by atoms with Crippen LogP contribution in [0.2, 0.25) is 0 Å². The summed E-state index contributed by atoms with van der Waals surface area (Å²) < 4.78 is 0. The van der Waals surface area contributed by atoms with Crippen molar-refractivity contribution < 1.29 is 0 Å². The molecule has 3 aromatic rings. The van der Waals surface area contributed by atoms with E-state index in [9.17, 15) is 0 Å². The lowest BCUT2D eigenvalue weighted by atomic mass is 10.0. The van der Waals surface area contributed by atoms with Crippen molar-refractivity contribution in [3.63, 3.8) is 0 Å². The number of rotatable bonds is 5. The SMILES string of the molecule is [CH2]c1ccc(CN(C)Cc2cccc(-c3cccnc3)c2)cc1. The third-order valence-electron chi connectivity index (χ3n) is 3.85. The van der Waals surface area contributed by atoms with Crippen LogP contribution >= 0.6 is 0 Å². The molecule has 23 heavy (non-hydrogen) atoms. The summed E-state index contributed by atoms with van der Waals surface area (Å²) in [5.74, 6) is 0. The van der Waals surface area contributed by atoms with Gasteiger partial charge in [-0.15, -0.1) is 0 Å². The first kappa shape index (κ1) is 15.4. The van der Waals surface area contributed by atoms with Crippen LogP contribution in [0.3, 0.4) is 0 Å². The fraction of sp³-hybridized carbons (Fsp3) is 0.143. The third-order valence-corrected chi connectivity index (χ3v) is 3.85. The highest BCUT2D eigenvalue weighted by atomic mass is 15.1. The van der Waals surface area contributed by atoms with E-state index in [1.807, 2.05) is 12.3 Å². The van der Waals surface area contributed by atoms with E-state index in [2.05, 4.69) is 78.5 Å². The molecule has 0 saturated carbocycles. The van der Waals surface area contributed by atoms with E-state index >= 15 is 0 Å². The summed E-state index contributed by atoms with van der Waals surface area (Å²) >= 11 is 0. The number of hydrogen-bond acceptors (Lipinski definition) is 2. The predicted octanol–water partition coefficient (Wildman–Crippen LogP) is 4.56. The van der Waals surface area contributed by atoms with Crippen LogP contribution < -0.4 is 0 Å². The average Bonchev–Trinajstić information content (AvgIpc) is 2.58. The van der Waals surface area contributed by atoms with Crippen LogP contribution in [0.15, 0.2) is 73.1 Å². The highest BCUT2D eigenvalue weighted by Crippen LogP contribution is 2.20. The molecule has 0 saturated heterocycles. The average molecular weight is 301 g/mol. The fourth-order valence-corrected chi connectivity index (χ4v) is 2.71. The molecule has 0 fully saturated rings. The van der Waals surface area contributed by atoms with E-state index in [-0.39, 0.29) is 0 Å². The van der Waals surface area contributed by atoms with E-state index in [1.165, 1.54) is 16.7 Å². The highest BCUT2D eigenvalue weighted by molar-refractivity contribution is 5.62. The van der Waals surface area contributed by atoms with Crippen LogP contribution in [-0.2, 0) is 13.1 Å². The summed E-state index contributed by atoms with van der Waals surface area (Å²) in [5, 5.41) is 0. The summed E-state index contributed by atoms with van der Waals surface area (Å²) in [6, 6.07) is 21.1. The minimum Gasteiger partial charge on any atom is -0.298 e. The Morgan fingerprint density at radius 2 is 1.61 bits per heavy atom. The highest BCUT2D eigenvalue weighted by Gasteiger charge is 2.04.